The fourth-order valence-corrected chi connectivity index (χ4v) is 3.52. The molecule has 0 spiro atoms. The monoisotopic (exact) mass is 461 g/mol. The molecule has 3 amide bonds. The highest BCUT2D eigenvalue weighted by Crippen LogP contribution is 2.28. The van der Waals surface area contributed by atoms with Crippen molar-refractivity contribution in [2.75, 3.05) is 46.9 Å². The molecule has 0 unspecified atom stereocenters. The molecule has 33 heavy (non-hydrogen) atoms. The summed E-state index contributed by atoms with van der Waals surface area (Å²) in [6.45, 7) is 1.47. The molecule has 176 valence electrons. The largest absolute Gasteiger partial charge is 0.493 e. The third kappa shape index (κ3) is 5.76. The molecule has 0 bridgehead atoms. The molecule has 1 heterocycles. The van der Waals surface area contributed by atoms with Crippen molar-refractivity contribution in [3.05, 3.63) is 59.2 Å². The van der Waals surface area contributed by atoms with Crippen LogP contribution < -0.4 is 14.8 Å². The molecule has 1 aliphatic rings. The summed E-state index contributed by atoms with van der Waals surface area (Å²) in [5.41, 5.74) is 0.175. The van der Waals surface area contributed by atoms with Crippen LogP contribution in [0.25, 0.3) is 0 Å². The van der Waals surface area contributed by atoms with Gasteiger partial charge >= 0.3 is 0 Å². The number of hydrogen-bond donors (Lipinski definition) is 1. The minimum absolute atomic E-state index is 0.0132. The number of amides is 3. The molecule has 0 saturated carbocycles. The zero-order valence-electron chi connectivity index (χ0n) is 18.4. The third-order valence-corrected chi connectivity index (χ3v) is 5.35. The van der Waals surface area contributed by atoms with Crippen LogP contribution in [-0.2, 0) is 4.79 Å². The number of nitrogens with one attached hydrogen (secondary N) is 1. The van der Waals surface area contributed by atoms with Crippen LogP contribution in [0.15, 0.2) is 36.4 Å². The topological polar surface area (TPSA) is 88.2 Å². The molecule has 2 aromatic rings. The molecule has 1 fully saturated rings. The van der Waals surface area contributed by atoms with Gasteiger partial charge in [0.1, 0.15) is 11.6 Å². The van der Waals surface area contributed by atoms with Gasteiger partial charge in [-0.3, -0.25) is 14.4 Å². The highest BCUT2D eigenvalue weighted by atomic mass is 19.1. The number of rotatable bonds is 7. The number of piperazine rings is 1. The fourth-order valence-electron chi connectivity index (χ4n) is 3.52. The molecule has 1 aliphatic heterocycles. The normalized spacial score (nSPS) is 13.5. The maximum atomic E-state index is 13.7. The van der Waals surface area contributed by atoms with Crippen LogP contribution in [-0.4, -0.2) is 74.5 Å². The lowest BCUT2D eigenvalue weighted by Crippen LogP contribution is -2.51. The summed E-state index contributed by atoms with van der Waals surface area (Å²) in [6, 6.07) is 7.61. The summed E-state index contributed by atoms with van der Waals surface area (Å²) >= 11 is 0. The maximum Gasteiger partial charge on any atom is 0.254 e. The third-order valence-electron chi connectivity index (χ3n) is 5.35. The van der Waals surface area contributed by atoms with E-state index in [1.807, 2.05) is 0 Å². The van der Waals surface area contributed by atoms with Gasteiger partial charge in [-0.25, -0.2) is 8.78 Å². The van der Waals surface area contributed by atoms with Gasteiger partial charge in [0.15, 0.2) is 11.5 Å². The predicted octanol–water partition coefficient (Wildman–Crippen LogP) is 2.09. The van der Waals surface area contributed by atoms with E-state index in [2.05, 4.69) is 5.32 Å². The summed E-state index contributed by atoms with van der Waals surface area (Å²) in [6.07, 6.45) is 0.0260. The van der Waals surface area contributed by atoms with E-state index < -0.39 is 17.5 Å². The van der Waals surface area contributed by atoms with Crippen molar-refractivity contribution in [3.8, 4) is 11.5 Å². The number of benzene rings is 2. The summed E-state index contributed by atoms with van der Waals surface area (Å²) in [5.74, 6) is -1.83. The van der Waals surface area contributed by atoms with E-state index in [4.69, 9.17) is 9.47 Å². The molecule has 1 N–H and O–H groups in total. The fraction of sp³-hybridized carbons (Fsp3) is 0.348. The molecule has 10 heteroatoms. The van der Waals surface area contributed by atoms with Gasteiger partial charge in [-0.2, -0.15) is 0 Å². The minimum Gasteiger partial charge on any atom is -0.493 e. The number of nitrogens with zero attached hydrogens (tertiary/aromatic N) is 2. The van der Waals surface area contributed by atoms with Crippen LogP contribution in [0.4, 0.5) is 8.78 Å². The highest BCUT2D eigenvalue weighted by Gasteiger charge is 2.25. The first-order valence-corrected chi connectivity index (χ1v) is 10.4. The first kappa shape index (κ1) is 24.0. The Morgan fingerprint density at radius 3 is 2.21 bits per heavy atom. The van der Waals surface area contributed by atoms with E-state index in [-0.39, 0.29) is 30.3 Å². The van der Waals surface area contributed by atoms with Crippen molar-refractivity contribution in [2.24, 2.45) is 0 Å². The van der Waals surface area contributed by atoms with Gasteiger partial charge < -0.3 is 24.6 Å². The minimum atomic E-state index is -0.964. The Bertz CT molecular complexity index is 1040. The smallest absolute Gasteiger partial charge is 0.254 e. The van der Waals surface area contributed by atoms with Crippen molar-refractivity contribution in [3.63, 3.8) is 0 Å². The second-order valence-electron chi connectivity index (χ2n) is 7.37. The van der Waals surface area contributed by atoms with Gasteiger partial charge in [0.25, 0.3) is 11.8 Å². The molecule has 0 atom stereocenters. The Labute approximate surface area is 190 Å². The number of carbonyl (C=O) groups excluding carboxylic acids is 3. The molecule has 3 rings (SSSR count). The van der Waals surface area contributed by atoms with E-state index in [9.17, 15) is 23.2 Å². The molecular weight excluding hydrogens is 436 g/mol. The van der Waals surface area contributed by atoms with E-state index in [1.54, 1.807) is 28.0 Å². The van der Waals surface area contributed by atoms with Gasteiger partial charge in [0.2, 0.25) is 5.91 Å². The quantitative estimate of drug-likeness (QED) is 0.682. The van der Waals surface area contributed by atoms with Gasteiger partial charge in [-0.1, -0.05) is 0 Å². The standard InChI is InChI=1S/C23H25F2N3O5/c1-32-19-6-3-15(13-20(19)33-2)23(31)28-11-9-27(10-12-28)21(29)7-8-26-22(30)17-5-4-16(24)14-18(17)25/h3-6,13-14H,7-12H2,1-2H3,(H,26,30). The van der Waals surface area contributed by atoms with E-state index in [1.165, 1.54) is 14.2 Å². The van der Waals surface area contributed by atoms with Crippen molar-refractivity contribution >= 4 is 17.7 Å². The first-order valence-electron chi connectivity index (χ1n) is 10.4. The zero-order chi connectivity index (χ0) is 24.0. The molecular formula is C23H25F2N3O5. The number of methoxy groups -OCH3 is 2. The van der Waals surface area contributed by atoms with Gasteiger partial charge in [0.05, 0.1) is 19.8 Å². The lowest BCUT2D eigenvalue weighted by molar-refractivity contribution is -0.132. The van der Waals surface area contributed by atoms with Gasteiger partial charge in [-0.05, 0) is 30.3 Å². The average Bonchev–Trinajstić information content (AvgIpc) is 2.83. The second-order valence-corrected chi connectivity index (χ2v) is 7.37. The number of carbonyl (C=O) groups is 3. The zero-order valence-corrected chi connectivity index (χ0v) is 18.4. The number of ether oxygens (including phenoxy) is 2. The maximum absolute atomic E-state index is 13.7. The predicted molar refractivity (Wildman–Crippen MR) is 115 cm³/mol. The molecule has 1 saturated heterocycles. The Kier molecular flexibility index (Phi) is 7.81. The van der Waals surface area contributed by atoms with Gasteiger partial charge in [0, 0.05) is 50.8 Å². The summed E-state index contributed by atoms with van der Waals surface area (Å²) in [4.78, 5) is 40.5. The van der Waals surface area contributed by atoms with Crippen LogP contribution in [0.3, 0.4) is 0 Å². The molecule has 0 aliphatic carbocycles. The Morgan fingerprint density at radius 2 is 1.58 bits per heavy atom. The van der Waals surface area contributed by atoms with Crippen molar-refractivity contribution < 1.29 is 32.6 Å². The molecule has 2 aromatic carbocycles. The first-order chi connectivity index (χ1) is 15.8. The lowest BCUT2D eigenvalue weighted by atomic mass is 10.1. The van der Waals surface area contributed by atoms with Crippen LogP contribution >= 0.6 is 0 Å². The van der Waals surface area contributed by atoms with E-state index in [0.717, 1.165) is 12.1 Å². The molecule has 0 radical (unpaired) electrons. The average molecular weight is 461 g/mol. The SMILES string of the molecule is COc1ccc(C(=O)N2CCN(C(=O)CCNC(=O)c3ccc(F)cc3F)CC2)cc1OC. The van der Waals surface area contributed by atoms with Crippen molar-refractivity contribution in [1.29, 1.82) is 0 Å². The van der Waals surface area contributed by atoms with Crippen molar-refractivity contribution in [2.45, 2.75) is 6.42 Å². The van der Waals surface area contributed by atoms with E-state index >= 15 is 0 Å². The van der Waals surface area contributed by atoms with Gasteiger partial charge in [-0.15, -0.1) is 0 Å². The second kappa shape index (κ2) is 10.8. The Morgan fingerprint density at radius 1 is 0.909 bits per heavy atom. The van der Waals surface area contributed by atoms with Crippen molar-refractivity contribution in [1.82, 2.24) is 15.1 Å². The van der Waals surface area contributed by atoms with Crippen LogP contribution in [0, 0.1) is 11.6 Å². The summed E-state index contributed by atoms with van der Waals surface area (Å²) in [7, 11) is 3.01. The Hall–Kier alpha value is -3.69. The molecule has 8 nitrogen and oxygen atoms in total. The summed E-state index contributed by atoms with van der Waals surface area (Å²) in [5, 5.41) is 2.46. The van der Waals surface area contributed by atoms with Crippen LogP contribution in [0.1, 0.15) is 27.1 Å². The number of halogens is 2. The highest BCUT2D eigenvalue weighted by molar-refractivity contribution is 5.95. The van der Waals surface area contributed by atoms with Crippen LogP contribution in [0.2, 0.25) is 0 Å². The molecule has 0 aromatic heterocycles. The Balaban J connectivity index is 1.47. The lowest BCUT2D eigenvalue weighted by Gasteiger charge is -2.35. The number of hydrogen-bond acceptors (Lipinski definition) is 5. The van der Waals surface area contributed by atoms with Crippen LogP contribution in [0.5, 0.6) is 11.5 Å². The van der Waals surface area contributed by atoms with E-state index in [0.29, 0.717) is 49.3 Å². The summed E-state index contributed by atoms with van der Waals surface area (Å²) < 4.78 is 37.0.